The molecule has 0 saturated heterocycles. The number of rotatable bonds is 7. The minimum absolute atomic E-state index is 0.246. The van der Waals surface area contributed by atoms with Gasteiger partial charge in [-0.1, -0.05) is 13.8 Å². The van der Waals surface area contributed by atoms with Crippen molar-refractivity contribution < 1.29 is 14.3 Å². The second-order valence-corrected chi connectivity index (χ2v) is 5.65. The molecule has 1 N–H and O–H groups in total. The van der Waals surface area contributed by atoms with E-state index in [1.54, 1.807) is 0 Å². The highest BCUT2D eigenvalue weighted by atomic mass is 28.2. The Morgan fingerprint density at radius 1 is 1.00 bits per heavy atom. The summed E-state index contributed by atoms with van der Waals surface area (Å²) in [6.07, 6.45) is 1.79. The maximum atomic E-state index is 9.22. The van der Waals surface area contributed by atoms with Crippen molar-refractivity contribution in [2.45, 2.75) is 71.5 Å². The van der Waals surface area contributed by atoms with E-state index < -0.39 is 5.91 Å². The molecule has 0 saturated carbocycles. The molecule has 0 aliphatic carbocycles. The molecule has 0 amide bonds. The normalized spacial score (nSPS) is 13.6. The fourth-order valence-electron chi connectivity index (χ4n) is 0.823. The predicted molar refractivity (Wildman–Crippen MR) is 62.7 cm³/mol. The standard InChI is InChI=1S/C11H24O3Si/c1-7-10(3,4)13-9(15-12)14-11(5,6)8-2/h9,12H,7-8H2,1-6H3. The van der Waals surface area contributed by atoms with Gasteiger partial charge >= 0.3 is 0 Å². The van der Waals surface area contributed by atoms with Crippen LogP contribution in [0.4, 0.5) is 0 Å². The molecular formula is C11H24O3Si. The first-order chi connectivity index (χ1) is 6.76. The third-order valence-corrected chi connectivity index (χ3v) is 3.11. The van der Waals surface area contributed by atoms with Gasteiger partial charge in [0.25, 0.3) is 9.76 Å². The van der Waals surface area contributed by atoms with Gasteiger partial charge in [0.15, 0.2) is 5.91 Å². The van der Waals surface area contributed by atoms with E-state index in [1.165, 1.54) is 0 Å². The average molecular weight is 232 g/mol. The molecule has 0 atom stereocenters. The molecule has 0 bridgehead atoms. The summed E-state index contributed by atoms with van der Waals surface area (Å²) in [7, 11) is -0.342. The Labute approximate surface area is 96.1 Å². The van der Waals surface area contributed by atoms with Crippen molar-refractivity contribution in [1.29, 1.82) is 0 Å². The van der Waals surface area contributed by atoms with Crippen molar-refractivity contribution in [3.63, 3.8) is 0 Å². The van der Waals surface area contributed by atoms with E-state index in [1.807, 2.05) is 27.7 Å². The first-order valence-corrected chi connectivity index (χ1v) is 6.54. The SMILES string of the molecule is CCC(C)(C)OC(OC(C)(C)CC)[Si]O. The molecule has 0 fully saturated rings. The molecule has 2 radical (unpaired) electrons. The largest absolute Gasteiger partial charge is 0.428 e. The van der Waals surface area contributed by atoms with Crippen molar-refractivity contribution >= 4 is 9.76 Å². The quantitative estimate of drug-likeness (QED) is 0.541. The lowest BCUT2D eigenvalue weighted by Gasteiger charge is -2.33. The summed E-state index contributed by atoms with van der Waals surface area (Å²) >= 11 is 0. The molecule has 0 heterocycles. The Hall–Kier alpha value is 0.0969. The molecule has 0 aromatic rings. The van der Waals surface area contributed by atoms with Crippen molar-refractivity contribution in [2.24, 2.45) is 0 Å². The van der Waals surface area contributed by atoms with Crippen LogP contribution in [-0.4, -0.2) is 31.7 Å². The van der Waals surface area contributed by atoms with Crippen LogP contribution in [0.5, 0.6) is 0 Å². The molecule has 0 unspecified atom stereocenters. The van der Waals surface area contributed by atoms with Gasteiger partial charge in [-0.25, -0.2) is 0 Å². The highest BCUT2D eigenvalue weighted by Crippen LogP contribution is 2.21. The van der Waals surface area contributed by atoms with Gasteiger partial charge in [-0.2, -0.15) is 0 Å². The molecular weight excluding hydrogens is 208 g/mol. The van der Waals surface area contributed by atoms with Gasteiger partial charge in [0.1, 0.15) is 0 Å². The first kappa shape index (κ1) is 15.1. The Morgan fingerprint density at radius 3 is 1.53 bits per heavy atom. The fourth-order valence-corrected chi connectivity index (χ4v) is 1.57. The lowest BCUT2D eigenvalue weighted by atomic mass is 10.1. The van der Waals surface area contributed by atoms with E-state index in [2.05, 4.69) is 13.8 Å². The third-order valence-electron chi connectivity index (χ3n) is 2.66. The van der Waals surface area contributed by atoms with E-state index in [4.69, 9.17) is 9.47 Å². The summed E-state index contributed by atoms with van der Waals surface area (Å²) in [6, 6.07) is 0. The molecule has 0 rings (SSSR count). The number of hydrogen-bond donors (Lipinski definition) is 1. The monoisotopic (exact) mass is 232 g/mol. The molecule has 0 aromatic carbocycles. The maximum absolute atomic E-state index is 9.22. The first-order valence-electron chi connectivity index (χ1n) is 5.51. The molecule has 15 heavy (non-hydrogen) atoms. The van der Waals surface area contributed by atoms with E-state index in [0.717, 1.165) is 12.8 Å². The lowest BCUT2D eigenvalue weighted by Crippen LogP contribution is -2.40. The lowest BCUT2D eigenvalue weighted by molar-refractivity contribution is -0.207. The van der Waals surface area contributed by atoms with Crippen LogP contribution in [0.15, 0.2) is 0 Å². The highest BCUT2D eigenvalue weighted by Gasteiger charge is 2.28. The van der Waals surface area contributed by atoms with Crippen molar-refractivity contribution in [1.82, 2.24) is 0 Å². The van der Waals surface area contributed by atoms with Gasteiger partial charge in [0.05, 0.1) is 11.2 Å². The van der Waals surface area contributed by atoms with E-state index >= 15 is 0 Å². The van der Waals surface area contributed by atoms with E-state index in [-0.39, 0.29) is 21.0 Å². The second-order valence-electron chi connectivity index (χ2n) is 4.92. The minimum atomic E-state index is -0.505. The van der Waals surface area contributed by atoms with Crippen LogP contribution >= 0.6 is 0 Å². The number of hydrogen-bond acceptors (Lipinski definition) is 3. The maximum Gasteiger partial charge on any atom is 0.295 e. The summed E-state index contributed by atoms with van der Waals surface area (Å²) in [5.41, 5.74) is -0.492. The summed E-state index contributed by atoms with van der Waals surface area (Å²) in [5, 5.41) is 0. The van der Waals surface area contributed by atoms with E-state index in [9.17, 15) is 4.80 Å². The molecule has 90 valence electrons. The average Bonchev–Trinajstić information content (AvgIpc) is 2.16. The Kier molecular flexibility index (Phi) is 6.03. The van der Waals surface area contributed by atoms with Crippen LogP contribution in [-0.2, 0) is 9.47 Å². The third kappa shape index (κ3) is 6.30. The van der Waals surface area contributed by atoms with Crippen molar-refractivity contribution in [2.75, 3.05) is 0 Å². The van der Waals surface area contributed by atoms with Crippen molar-refractivity contribution in [3.05, 3.63) is 0 Å². The molecule has 0 aromatic heterocycles. The van der Waals surface area contributed by atoms with Crippen LogP contribution in [0, 0.1) is 0 Å². The molecule has 3 nitrogen and oxygen atoms in total. The zero-order valence-corrected chi connectivity index (χ0v) is 11.8. The summed E-state index contributed by atoms with van der Waals surface area (Å²) in [5.74, 6) is -0.505. The smallest absolute Gasteiger partial charge is 0.295 e. The fraction of sp³-hybridized carbons (Fsp3) is 1.00. The number of ether oxygens (including phenoxy) is 2. The summed E-state index contributed by atoms with van der Waals surface area (Å²) in [4.78, 5) is 9.22. The Balaban J connectivity index is 4.27. The minimum Gasteiger partial charge on any atom is -0.428 e. The molecule has 0 aliphatic rings. The van der Waals surface area contributed by atoms with Crippen LogP contribution < -0.4 is 0 Å². The van der Waals surface area contributed by atoms with Crippen LogP contribution in [0.2, 0.25) is 0 Å². The van der Waals surface area contributed by atoms with Crippen LogP contribution in [0.25, 0.3) is 0 Å². The summed E-state index contributed by atoms with van der Waals surface area (Å²) < 4.78 is 11.4. The van der Waals surface area contributed by atoms with Crippen LogP contribution in [0.3, 0.4) is 0 Å². The molecule has 4 heteroatoms. The molecule has 0 aliphatic heterocycles. The predicted octanol–water partition coefficient (Wildman–Crippen LogP) is 2.29. The topological polar surface area (TPSA) is 38.7 Å². The van der Waals surface area contributed by atoms with Gasteiger partial charge in [-0.15, -0.1) is 0 Å². The zero-order valence-electron chi connectivity index (χ0n) is 10.8. The summed E-state index contributed by atoms with van der Waals surface area (Å²) in [6.45, 7) is 12.1. The zero-order chi connectivity index (χ0) is 12.1. The second kappa shape index (κ2) is 5.99. The van der Waals surface area contributed by atoms with Gasteiger partial charge in [-0.3, -0.25) is 0 Å². The Bertz CT molecular complexity index is 163. The van der Waals surface area contributed by atoms with Crippen molar-refractivity contribution in [3.8, 4) is 0 Å². The Morgan fingerprint density at radius 2 is 1.33 bits per heavy atom. The molecule has 0 spiro atoms. The van der Waals surface area contributed by atoms with E-state index in [0.29, 0.717) is 0 Å². The van der Waals surface area contributed by atoms with Crippen LogP contribution in [0.1, 0.15) is 54.4 Å². The van der Waals surface area contributed by atoms with Gasteiger partial charge in [0.2, 0.25) is 0 Å². The van der Waals surface area contributed by atoms with Gasteiger partial charge in [-0.05, 0) is 40.5 Å². The van der Waals surface area contributed by atoms with Gasteiger partial charge in [0, 0.05) is 0 Å². The van der Waals surface area contributed by atoms with Gasteiger partial charge < -0.3 is 14.3 Å². The highest BCUT2D eigenvalue weighted by molar-refractivity contribution is 6.26.